The Kier molecular flexibility index (Phi) is 7.45. The highest BCUT2D eigenvalue weighted by Gasteiger charge is 2.18. The summed E-state index contributed by atoms with van der Waals surface area (Å²) in [5.41, 5.74) is 4.22. The predicted octanol–water partition coefficient (Wildman–Crippen LogP) is 6.80. The van der Waals surface area contributed by atoms with Crippen LogP contribution in [0.5, 0.6) is 0 Å². The van der Waals surface area contributed by atoms with Crippen molar-refractivity contribution in [2.45, 2.75) is 30.9 Å². The molecule has 4 aromatic rings. The smallest absolute Gasteiger partial charge is 0.255 e. The standard InChI is InChI=1S/C27H25N3O2S2/c1-17-9-7-8-12-23(17)26(32)28-21-13-15-22(16-14-21)33-19(3)25(31)30-27-29-24(18(2)34-27)20-10-5-4-6-11-20/h4-16,19H,1-3H3,(H,28,32)(H,29,30,31). The van der Waals surface area contributed by atoms with Crippen LogP contribution in [0, 0.1) is 13.8 Å². The van der Waals surface area contributed by atoms with Crippen LogP contribution < -0.4 is 10.6 Å². The van der Waals surface area contributed by atoms with Crippen molar-refractivity contribution in [3.63, 3.8) is 0 Å². The fraction of sp³-hybridized carbons (Fsp3) is 0.148. The molecule has 0 spiro atoms. The Bertz CT molecular complexity index is 1300. The third-order valence-corrected chi connectivity index (χ3v) is 7.26. The lowest BCUT2D eigenvalue weighted by Gasteiger charge is -2.12. The molecule has 4 rings (SSSR count). The number of amides is 2. The Morgan fingerprint density at radius 1 is 0.882 bits per heavy atom. The van der Waals surface area contributed by atoms with Crippen LogP contribution in [-0.4, -0.2) is 22.0 Å². The first-order chi connectivity index (χ1) is 16.4. The van der Waals surface area contributed by atoms with Crippen LogP contribution >= 0.6 is 23.1 Å². The summed E-state index contributed by atoms with van der Waals surface area (Å²) in [6.45, 7) is 5.79. The molecule has 34 heavy (non-hydrogen) atoms. The molecule has 1 heterocycles. The molecule has 3 aromatic carbocycles. The van der Waals surface area contributed by atoms with E-state index in [1.54, 1.807) is 0 Å². The second-order valence-corrected chi connectivity index (χ2v) is 10.4. The molecule has 0 aliphatic heterocycles. The van der Waals surface area contributed by atoms with Gasteiger partial charge in [0.1, 0.15) is 0 Å². The zero-order valence-electron chi connectivity index (χ0n) is 19.2. The van der Waals surface area contributed by atoms with Gasteiger partial charge in [-0.25, -0.2) is 4.98 Å². The number of rotatable bonds is 7. The summed E-state index contributed by atoms with van der Waals surface area (Å²) >= 11 is 2.93. The molecular weight excluding hydrogens is 462 g/mol. The molecule has 2 amide bonds. The molecule has 0 saturated heterocycles. The summed E-state index contributed by atoms with van der Waals surface area (Å²) in [5.74, 6) is -0.241. The van der Waals surface area contributed by atoms with Gasteiger partial charge in [0.2, 0.25) is 5.91 Å². The molecule has 172 valence electrons. The summed E-state index contributed by atoms with van der Waals surface area (Å²) in [6.07, 6.45) is 0. The number of nitrogens with zero attached hydrogens (tertiary/aromatic N) is 1. The van der Waals surface area contributed by atoms with Crippen LogP contribution in [0.3, 0.4) is 0 Å². The van der Waals surface area contributed by atoms with Crippen LogP contribution in [0.2, 0.25) is 0 Å². The average molecular weight is 488 g/mol. The molecule has 0 aliphatic carbocycles. The maximum absolute atomic E-state index is 12.8. The lowest BCUT2D eigenvalue weighted by molar-refractivity contribution is -0.115. The maximum atomic E-state index is 12.8. The number of thioether (sulfide) groups is 1. The number of hydrogen-bond donors (Lipinski definition) is 2. The van der Waals surface area contributed by atoms with Gasteiger partial charge in [-0.3, -0.25) is 9.59 Å². The normalized spacial score (nSPS) is 11.6. The Morgan fingerprint density at radius 3 is 2.26 bits per heavy atom. The van der Waals surface area contributed by atoms with Crippen molar-refractivity contribution in [3.05, 3.63) is 94.9 Å². The topological polar surface area (TPSA) is 71.1 Å². The van der Waals surface area contributed by atoms with Crippen molar-refractivity contribution in [1.29, 1.82) is 0 Å². The Morgan fingerprint density at radius 2 is 1.56 bits per heavy atom. The van der Waals surface area contributed by atoms with Gasteiger partial charge in [0.15, 0.2) is 5.13 Å². The van der Waals surface area contributed by atoms with Gasteiger partial charge in [-0.2, -0.15) is 0 Å². The number of benzene rings is 3. The quantitative estimate of drug-likeness (QED) is 0.281. The van der Waals surface area contributed by atoms with Gasteiger partial charge in [-0.15, -0.1) is 23.1 Å². The maximum Gasteiger partial charge on any atom is 0.255 e. The number of aryl methyl sites for hydroxylation is 2. The first-order valence-corrected chi connectivity index (χ1v) is 12.6. The van der Waals surface area contributed by atoms with Gasteiger partial charge in [0, 0.05) is 26.6 Å². The average Bonchev–Trinajstić information content (AvgIpc) is 3.20. The SMILES string of the molecule is Cc1ccccc1C(=O)Nc1ccc(SC(C)C(=O)Nc2nc(-c3ccccc3)c(C)s2)cc1. The number of carbonyl (C=O) groups is 2. The van der Waals surface area contributed by atoms with Gasteiger partial charge in [-0.05, 0) is 56.7 Å². The fourth-order valence-electron chi connectivity index (χ4n) is 3.42. The van der Waals surface area contributed by atoms with E-state index in [4.69, 9.17) is 0 Å². The molecule has 7 heteroatoms. The molecule has 0 saturated carbocycles. The number of nitrogens with one attached hydrogen (secondary N) is 2. The highest BCUT2D eigenvalue weighted by atomic mass is 32.2. The van der Waals surface area contributed by atoms with Crippen LogP contribution in [0.1, 0.15) is 27.7 Å². The Labute approximate surface area is 207 Å². The summed E-state index contributed by atoms with van der Waals surface area (Å²) in [4.78, 5) is 31.9. The third kappa shape index (κ3) is 5.73. The van der Waals surface area contributed by atoms with Crippen molar-refractivity contribution >= 4 is 45.7 Å². The molecule has 1 unspecified atom stereocenters. The highest BCUT2D eigenvalue weighted by molar-refractivity contribution is 8.00. The largest absolute Gasteiger partial charge is 0.322 e. The zero-order valence-corrected chi connectivity index (χ0v) is 20.8. The summed E-state index contributed by atoms with van der Waals surface area (Å²) in [7, 11) is 0. The van der Waals surface area contributed by atoms with E-state index in [1.807, 2.05) is 99.6 Å². The number of carbonyl (C=O) groups excluding carboxylic acids is 2. The number of hydrogen-bond acceptors (Lipinski definition) is 5. The second-order valence-electron chi connectivity index (χ2n) is 7.83. The molecule has 0 radical (unpaired) electrons. The minimum atomic E-state index is -0.309. The van der Waals surface area contributed by atoms with Crippen molar-refractivity contribution in [2.24, 2.45) is 0 Å². The molecule has 1 aromatic heterocycles. The molecule has 0 fully saturated rings. The lowest BCUT2D eigenvalue weighted by Crippen LogP contribution is -2.22. The lowest BCUT2D eigenvalue weighted by atomic mass is 10.1. The van der Waals surface area contributed by atoms with Crippen LogP contribution in [0.25, 0.3) is 11.3 Å². The van der Waals surface area contributed by atoms with Crippen LogP contribution in [0.15, 0.2) is 83.8 Å². The second kappa shape index (κ2) is 10.7. The van der Waals surface area contributed by atoms with E-state index in [0.29, 0.717) is 16.4 Å². The Balaban J connectivity index is 1.35. The van der Waals surface area contributed by atoms with E-state index in [9.17, 15) is 9.59 Å². The van der Waals surface area contributed by atoms with Gasteiger partial charge in [-0.1, -0.05) is 48.5 Å². The molecule has 2 N–H and O–H groups in total. The summed E-state index contributed by atoms with van der Waals surface area (Å²) in [5, 5.41) is 6.16. The predicted molar refractivity (Wildman–Crippen MR) is 142 cm³/mol. The van der Waals surface area contributed by atoms with Crippen LogP contribution in [0.4, 0.5) is 10.8 Å². The van der Waals surface area contributed by atoms with E-state index in [2.05, 4.69) is 15.6 Å². The van der Waals surface area contributed by atoms with E-state index >= 15 is 0 Å². The minimum Gasteiger partial charge on any atom is -0.322 e. The van der Waals surface area contributed by atoms with Gasteiger partial charge >= 0.3 is 0 Å². The van der Waals surface area contributed by atoms with Gasteiger partial charge in [0.25, 0.3) is 5.91 Å². The van der Waals surface area contributed by atoms with Crippen molar-refractivity contribution in [2.75, 3.05) is 10.6 Å². The van der Waals surface area contributed by atoms with E-state index in [0.717, 1.165) is 26.6 Å². The molecule has 0 bridgehead atoms. The first kappa shape index (κ1) is 23.7. The minimum absolute atomic E-state index is 0.102. The van der Waals surface area contributed by atoms with Crippen molar-refractivity contribution < 1.29 is 9.59 Å². The summed E-state index contributed by atoms with van der Waals surface area (Å²) in [6, 6.07) is 24.9. The van der Waals surface area contributed by atoms with Crippen molar-refractivity contribution in [3.8, 4) is 11.3 Å². The zero-order chi connectivity index (χ0) is 24.1. The number of anilines is 2. The fourth-order valence-corrected chi connectivity index (χ4v) is 5.13. The number of aromatic nitrogens is 1. The van der Waals surface area contributed by atoms with Crippen molar-refractivity contribution in [1.82, 2.24) is 4.98 Å². The first-order valence-electron chi connectivity index (χ1n) is 10.9. The Hall–Kier alpha value is -3.42. The molecular formula is C27H25N3O2S2. The van der Waals surface area contributed by atoms with E-state index < -0.39 is 0 Å². The van der Waals surface area contributed by atoms with Crippen LogP contribution in [-0.2, 0) is 4.79 Å². The van der Waals surface area contributed by atoms with Gasteiger partial charge in [0.05, 0.1) is 10.9 Å². The highest BCUT2D eigenvalue weighted by Crippen LogP contribution is 2.31. The molecule has 5 nitrogen and oxygen atoms in total. The third-order valence-electron chi connectivity index (χ3n) is 5.26. The molecule has 1 atom stereocenters. The number of thiazole rings is 1. The molecule has 0 aliphatic rings. The monoisotopic (exact) mass is 487 g/mol. The van der Waals surface area contributed by atoms with E-state index in [-0.39, 0.29) is 17.1 Å². The van der Waals surface area contributed by atoms with E-state index in [1.165, 1.54) is 23.1 Å². The van der Waals surface area contributed by atoms with Gasteiger partial charge < -0.3 is 10.6 Å². The summed E-state index contributed by atoms with van der Waals surface area (Å²) < 4.78 is 0.